The van der Waals surface area contributed by atoms with Crippen molar-refractivity contribution in [3.63, 3.8) is 0 Å². The van der Waals surface area contributed by atoms with E-state index in [9.17, 15) is 14.4 Å². The van der Waals surface area contributed by atoms with Crippen LogP contribution in [0.1, 0.15) is 226 Å². The van der Waals surface area contributed by atoms with Gasteiger partial charge in [0, 0.05) is 19.3 Å². The molecule has 0 aromatic heterocycles. The Bertz CT molecular complexity index is 1440. The minimum Gasteiger partial charge on any atom is -0.462 e. The normalized spacial score (nSPS) is 13.1. The third kappa shape index (κ3) is 52.6. The van der Waals surface area contributed by atoms with E-state index in [0.717, 1.165) is 128 Å². The summed E-state index contributed by atoms with van der Waals surface area (Å²) in [4.78, 5) is 38.0. The van der Waals surface area contributed by atoms with Crippen molar-refractivity contribution in [3.05, 3.63) is 122 Å². The summed E-state index contributed by atoms with van der Waals surface area (Å²) >= 11 is 0. The number of hydrogen-bond acceptors (Lipinski definition) is 6. The van der Waals surface area contributed by atoms with Gasteiger partial charge < -0.3 is 14.2 Å². The summed E-state index contributed by atoms with van der Waals surface area (Å²) in [5, 5.41) is 0. The number of rotatable bonds is 47. The summed E-state index contributed by atoms with van der Waals surface area (Å²) in [6.07, 6.45) is 74.7. The predicted molar refractivity (Wildman–Crippen MR) is 288 cm³/mol. The molecule has 0 aliphatic heterocycles. The first kappa shape index (κ1) is 62.8. The number of carbonyl (C=O) groups is 3. The Morgan fingerprint density at radius 3 is 0.955 bits per heavy atom. The summed E-state index contributed by atoms with van der Waals surface area (Å²) in [5.41, 5.74) is 0. The molecular formula is C61H98O6. The molecule has 6 nitrogen and oxygen atoms in total. The molecule has 0 fully saturated rings. The second kappa shape index (κ2) is 54.4. The fraction of sp³-hybridized carbons (Fsp3) is 0.623. The maximum Gasteiger partial charge on any atom is 0.306 e. The smallest absolute Gasteiger partial charge is 0.306 e. The van der Waals surface area contributed by atoms with Gasteiger partial charge in [0.25, 0.3) is 0 Å². The number of unbranched alkanes of at least 4 members (excludes halogenated alkanes) is 16. The van der Waals surface area contributed by atoms with E-state index in [4.69, 9.17) is 14.2 Å². The minimum atomic E-state index is -0.810. The first-order valence-electron chi connectivity index (χ1n) is 27.0. The van der Waals surface area contributed by atoms with E-state index >= 15 is 0 Å². The van der Waals surface area contributed by atoms with Gasteiger partial charge in [-0.3, -0.25) is 14.4 Å². The number of hydrogen-bond donors (Lipinski definition) is 0. The Balaban J connectivity index is 4.42. The Labute approximate surface area is 412 Å². The fourth-order valence-corrected chi connectivity index (χ4v) is 6.91. The van der Waals surface area contributed by atoms with E-state index in [0.29, 0.717) is 19.3 Å². The molecule has 0 rings (SSSR count). The molecule has 0 heterocycles. The van der Waals surface area contributed by atoms with Crippen LogP contribution in [0, 0.1) is 0 Å². The predicted octanol–water partition coefficient (Wildman–Crippen LogP) is 18.1. The van der Waals surface area contributed by atoms with Gasteiger partial charge in [-0.25, -0.2) is 0 Å². The van der Waals surface area contributed by atoms with Gasteiger partial charge in [0.05, 0.1) is 0 Å². The molecule has 0 aliphatic rings. The van der Waals surface area contributed by atoms with Crippen molar-refractivity contribution in [2.45, 2.75) is 232 Å². The van der Waals surface area contributed by atoms with Crippen molar-refractivity contribution in [1.29, 1.82) is 0 Å². The van der Waals surface area contributed by atoms with Crippen LogP contribution >= 0.6 is 0 Å². The first-order chi connectivity index (χ1) is 33.0. The molecule has 0 saturated heterocycles. The Kier molecular flexibility index (Phi) is 51.0. The molecule has 0 spiro atoms. The van der Waals surface area contributed by atoms with Crippen molar-refractivity contribution < 1.29 is 28.6 Å². The van der Waals surface area contributed by atoms with Crippen molar-refractivity contribution in [2.75, 3.05) is 13.2 Å². The van der Waals surface area contributed by atoms with Crippen LogP contribution in [0.3, 0.4) is 0 Å². The van der Waals surface area contributed by atoms with Gasteiger partial charge in [0.15, 0.2) is 6.10 Å². The highest BCUT2D eigenvalue weighted by molar-refractivity contribution is 5.71. The van der Waals surface area contributed by atoms with E-state index < -0.39 is 6.10 Å². The van der Waals surface area contributed by atoms with Crippen LogP contribution in [-0.4, -0.2) is 37.2 Å². The van der Waals surface area contributed by atoms with Crippen LogP contribution in [0.15, 0.2) is 122 Å². The SMILES string of the molecule is CC/C=C\C/C=C\C/C=C\C/C=C\C/C=C\CCCCCCCCCC(=O)OCC(COC(=O)CCCCCCC/C=C\CCCC)OC(=O)CCCC/C=C\C/C=C\C/C=C\C/C=C\CC. The number of esters is 3. The molecule has 0 amide bonds. The van der Waals surface area contributed by atoms with Crippen LogP contribution in [0.2, 0.25) is 0 Å². The Morgan fingerprint density at radius 1 is 0.313 bits per heavy atom. The van der Waals surface area contributed by atoms with Gasteiger partial charge in [0.2, 0.25) is 0 Å². The van der Waals surface area contributed by atoms with E-state index in [1.807, 2.05) is 0 Å². The van der Waals surface area contributed by atoms with Crippen LogP contribution in [0.25, 0.3) is 0 Å². The zero-order chi connectivity index (χ0) is 48.6. The van der Waals surface area contributed by atoms with Gasteiger partial charge in [-0.1, -0.05) is 206 Å². The number of carbonyl (C=O) groups excluding carboxylic acids is 3. The number of allylic oxidation sites excluding steroid dienone is 20. The molecule has 1 atom stereocenters. The third-order valence-electron chi connectivity index (χ3n) is 10.9. The fourth-order valence-electron chi connectivity index (χ4n) is 6.91. The highest BCUT2D eigenvalue weighted by Crippen LogP contribution is 2.13. The minimum absolute atomic E-state index is 0.106. The lowest BCUT2D eigenvalue weighted by Gasteiger charge is -2.18. The molecule has 6 heteroatoms. The van der Waals surface area contributed by atoms with Crippen LogP contribution < -0.4 is 0 Å². The van der Waals surface area contributed by atoms with Crippen LogP contribution in [-0.2, 0) is 28.6 Å². The van der Waals surface area contributed by atoms with Crippen LogP contribution in [0.4, 0.5) is 0 Å². The average molecular weight is 927 g/mol. The summed E-state index contributed by atoms with van der Waals surface area (Å²) in [5.74, 6) is -0.975. The molecule has 0 radical (unpaired) electrons. The Morgan fingerprint density at radius 2 is 0.582 bits per heavy atom. The van der Waals surface area contributed by atoms with Gasteiger partial charge in [-0.15, -0.1) is 0 Å². The van der Waals surface area contributed by atoms with Gasteiger partial charge in [-0.2, -0.15) is 0 Å². The van der Waals surface area contributed by atoms with Crippen molar-refractivity contribution in [3.8, 4) is 0 Å². The Hall–Kier alpha value is -4.19. The zero-order valence-corrected chi connectivity index (χ0v) is 43.1. The topological polar surface area (TPSA) is 78.9 Å². The maximum atomic E-state index is 12.8. The summed E-state index contributed by atoms with van der Waals surface area (Å²) in [6.45, 7) is 6.30. The van der Waals surface area contributed by atoms with Gasteiger partial charge in [-0.05, 0) is 122 Å². The van der Waals surface area contributed by atoms with Gasteiger partial charge >= 0.3 is 17.9 Å². The van der Waals surface area contributed by atoms with Crippen molar-refractivity contribution >= 4 is 17.9 Å². The molecule has 0 N–H and O–H groups in total. The molecule has 0 saturated carbocycles. The molecule has 1 unspecified atom stereocenters. The monoisotopic (exact) mass is 927 g/mol. The van der Waals surface area contributed by atoms with Crippen molar-refractivity contribution in [1.82, 2.24) is 0 Å². The quantitative estimate of drug-likeness (QED) is 0.0262. The van der Waals surface area contributed by atoms with Gasteiger partial charge in [0.1, 0.15) is 13.2 Å². The lowest BCUT2D eigenvalue weighted by Crippen LogP contribution is -2.30. The van der Waals surface area contributed by atoms with Crippen molar-refractivity contribution in [2.24, 2.45) is 0 Å². The summed E-state index contributed by atoms with van der Waals surface area (Å²) < 4.78 is 16.8. The lowest BCUT2D eigenvalue weighted by molar-refractivity contribution is -0.167. The largest absolute Gasteiger partial charge is 0.462 e. The van der Waals surface area contributed by atoms with E-state index in [1.54, 1.807) is 0 Å². The second-order valence-corrected chi connectivity index (χ2v) is 17.4. The van der Waals surface area contributed by atoms with E-state index in [2.05, 4.69) is 142 Å². The van der Waals surface area contributed by atoms with Crippen LogP contribution in [0.5, 0.6) is 0 Å². The third-order valence-corrected chi connectivity index (χ3v) is 10.9. The molecule has 0 aromatic carbocycles. The maximum absolute atomic E-state index is 12.8. The standard InChI is InChI=1S/C61H98O6/c1-4-7-10-13-16-19-22-24-26-27-28-29-30-31-32-33-35-36-39-42-45-48-51-54-60(63)66-57-58(56-65-59(62)53-50-47-44-41-38-21-18-15-12-9-6-3)67-61(64)55-52-49-46-43-40-37-34-25-23-20-17-14-11-8-5-2/h7-8,10-11,15-20,24-26,28-29,31-32,34,40,43,58H,4-6,9,12-14,21-23,27,30,33,35-39,41-42,44-57H2,1-3H3/b10-7-,11-8-,18-15-,19-16-,20-17-,26-24-,29-28-,32-31-,34-25-,43-40-. The van der Waals surface area contributed by atoms with E-state index in [-0.39, 0.29) is 37.5 Å². The number of ether oxygens (including phenoxy) is 3. The zero-order valence-electron chi connectivity index (χ0n) is 43.1. The second-order valence-electron chi connectivity index (χ2n) is 17.4. The highest BCUT2D eigenvalue weighted by Gasteiger charge is 2.19. The molecule has 0 bridgehead atoms. The molecule has 0 aliphatic carbocycles. The lowest BCUT2D eigenvalue weighted by atomic mass is 10.1. The first-order valence-corrected chi connectivity index (χ1v) is 27.0. The highest BCUT2D eigenvalue weighted by atomic mass is 16.6. The molecule has 378 valence electrons. The summed E-state index contributed by atoms with van der Waals surface area (Å²) in [7, 11) is 0. The molecule has 0 aromatic rings. The molecule has 67 heavy (non-hydrogen) atoms. The molecular weight excluding hydrogens is 829 g/mol. The average Bonchev–Trinajstić information content (AvgIpc) is 3.33. The van der Waals surface area contributed by atoms with E-state index in [1.165, 1.54) is 51.4 Å². The summed E-state index contributed by atoms with van der Waals surface area (Å²) in [6, 6.07) is 0.